The molecule has 36 heavy (non-hydrogen) atoms. The van der Waals surface area contributed by atoms with E-state index in [0.29, 0.717) is 12.5 Å². The molecular weight excluding hydrogens is 510 g/mol. The van der Waals surface area contributed by atoms with E-state index in [-0.39, 0.29) is 0 Å². The Balaban J connectivity index is 1.16. The van der Waals surface area contributed by atoms with E-state index in [1.54, 1.807) is 5.57 Å². The normalized spacial score (nSPS) is 28.1. The number of aromatic nitrogens is 4. The zero-order valence-corrected chi connectivity index (χ0v) is 22.8. The largest absolute Gasteiger partial charge is 0.366 e. The van der Waals surface area contributed by atoms with Crippen LogP contribution in [0.2, 0.25) is 0 Å². The minimum Gasteiger partial charge on any atom is -0.366 e. The molecule has 3 fully saturated rings. The van der Waals surface area contributed by atoms with Crippen LogP contribution in [-0.2, 0) is 6.54 Å². The zero-order chi connectivity index (χ0) is 24.3. The van der Waals surface area contributed by atoms with Crippen molar-refractivity contribution >= 4 is 27.4 Å². The molecule has 3 aromatic rings. The van der Waals surface area contributed by atoms with Crippen LogP contribution >= 0.6 is 15.9 Å². The molecule has 0 aliphatic heterocycles. The number of anilines is 1. The maximum atomic E-state index is 5.08. The second-order valence-corrected chi connectivity index (χ2v) is 12.2. The van der Waals surface area contributed by atoms with Gasteiger partial charge in [-0.1, -0.05) is 43.4 Å². The summed E-state index contributed by atoms with van der Waals surface area (Å²) < 4.78 is 2.86. The number of allylic oxidation sites excluding steroid dienone is 2. The van der Waals surface area contributed by atoms with E-state index in [2.05, 4.69) is 49.5 Å². The van der Waals surface area contributed by atoms with E-state index in [1.165, 1.54) is 82.7 Å². The van der Waals surface area contributed by atoms with E-state index in [9.17, 15) is 0 Å². The summed E-state index contributed by atoms with van der Waals surface area (Å²) in [4.78, 5) is 9.33. The maximum absolute atomic E-state index is 5.08. The fourth-order valence-electron chi connectivity index (χ4n) is 7.05. The number of hydrogen-bond acceptors (Lipinski definition) is 4. The molecular formula is C30H38BrN5. The molecule has 3 aromatic heterocycles. The number of nitrogens with one attached hydrogen (secondary N) is 1. The molecule has 3 aliphatic carbocycles. The van der Waals surface area contributed by atoms with Gasteiger partial charge in [-0.15, -0.1) is 0 Å². The Kier molecular flexibility index (Phi) is 7.40. The van der Waals surface area contributed by atoms with Gasteiger partial charge < -0.3 is 5.32 Å². The SMILES string of the molecule is Brc1cnn2c(NCc3cccnc3)cc(C3CCC/C(=C/C4CCC5CCCCC5C4)CC3)nc12. The monoisotopic (exact) mass is 547 g/mol. The molecule has 190 valence electrons. The van der Waals surface area contributed by atoms with Crippen LogP contribution in [0, 0.1) is 17.8 Å². The maximum Gasteiger partial charge on any atom is 0.171 e. The highest BCUT2D eigenvalue weighted by atomic mass is 79.9. The molecule has 0 radical (unpaired) electrons. The van der Waals surface area contributed by atoms with Gasteiger partial charge in [0.05, 0.1) is 10.7 Å². The molecule has 5 nitrogen and oxygen atoms in total. The lowest BCUT2D eigenvalue weighted by molar-refractivity contribution is 0.146. The molecule has 3 heterocycles. The molecule has 3 aliphatic rings. The van der Waals surface area contributed by atoms with Crippen LogP contribution in [-0.4, -0.2) is 19.6 Å². The summed E-state index contributed by atoms with van der Waals surface area (Å²) >= 11 is 3.67. The molecule has 4 atom stereocenters. The van der Waals surface area contributed by atoms with Crippen molar-refractivity contribution in [2.75, 3.05) is 5.32 Å². The van der Waals surface area contributed by atoms with Gasteiger partial charge in [0.15, 0.2) is 5.65 Å². The van der Waals surface area contributed by atoms with Crippen molar-refractivity contribution in [3.8, 4) is 0 Å². The molecule has 4 unspecified atom stereocenters. The van der Waals surface area contributed by atoms with Crippen molar-refractivity contribution in [1.29, 1.82) is 0 Å². The highest BCUT2D eigenvalue weighted by Crippen LogP contribution is 2.44. The summed E-state index contributed by atoms with van der Waals surface area (Å²) in [5, 5.41) is 8.15. The zero-order valence-electron chi connectivity index (χ0n) is 21.2. The number of pyridine rings is 1. The molecule has 3 saturated carbocycles. The number of hydrogen-bond donors (Lipinski definition) is 1. The van der Waals surface area contributed by atoms with Gasteiger partial charge in [-0.3, -0.25) is 4.98 Å². The summed E-state index contributed by atoms with van der Waals surface area (Å²) in [7, 11) is 0. The number of rotatable bonds is 5. The Labute approximate surface area is 223 Å². The standard InChI is InChI=1S/C30H38BrN5/c31-27-20-34-36-29(33-19-23-6-4-14-32-18-23)17-28(35-30(27)36)25-9-3-5-21(10-13-25)15-22-11-12-24-7-1-2-8-26(24)16-22/h4,6,14-15,17-18,20,22,24-26,33H,1-3,5,7-13,16,19H2/b21-15-. The Morgan fingerprint density at radius 1 is 1.00 bits per heavy atom. The second-order valence-electron chi connectivity index (χ2n) is 11.3. The topological polar surface area (TPSA) is 55.1 Å². The minimum absolute atomic E-state index is 0.496. The number of nitrogens with zero attached hydrogens (tertiary/aromatic N) is 4. The van der Waals surface area contributed by atoms with Crippen LogP contribution in [0.15, 0.2) is 52.9 Å². The summed E-state index contributed by atoms with van der Waals surface area (Å²) in [5.74, 6) is 4.37. The van der Waals surface area contributed by atoms with E-state index in [1.807, 2.05) is 29.2 Å². The molecule has 0 bridgehead atoms. The third-order valence-electron chi connectivity index (χ3n) is 8.98. The number of fused-ring (bicyclic) bond motifs is 2. The predicted molar refractivity (Wildman–Crippen MR) is 149 cm³/mol. The predicted octanol–water partition coefficient (Wildman–Crippen LogP) is 8.08. The van der Waals surface area contributed by atoms with Gasteiger partial charge >= 0.3 is 0 Å². The fourth-order valence-corrected chi connectivity index (χ4v) is 7.39. The van der Waals surface area contributed by atoms with Gasteiger partial charge in [0.25, 0.3) is 0 Å². The lowest BCUT2D eigenvalue weighted by Crippen LogP contribution is -2.27. The third-order valence-corrected chi connectivity index (χ3v) is 9.54. The van der Waals surface area contributed by atoms with Crippen LogP contribution in [0.3, 0.4) is 0 Å². The fraction of sp³-hybridized carbons (Fsp3) is 0.567. The van der Waals surface area contributed by atoms with Gasteiger partial charge in [-0.25, -0.2) is 4.98 Å². The Bertz CT molecular complexity index is 1200. The highest BCUT2D eigenvalue weighted by molar-refractivity contribution is 9.10. The molecule has 1 N–H and O–H groups in total. The van der Waals surface area contributed by atoms with Gasteiger partial charge in [0.1, 0.15) is 5.82 Å². The minimum atomic E-state index is 0.496. The first kappa shape index (κ1) is 24.1. The van der Waals surface area contributed by atoms with Crippen molar-refractivity contribution in [1.82, 2.24) is 19.6 Å². The van der Waals surface area contributed by atoms with Crippen LogP contribution in [0.4, 0.5) is 5.82 Å². The van der Waals surface area contributed by atoms with Crippen molar-refractivity contribution in [3.05, 3.63) is 64.2 Å². The van der Waals surface area contributed by atoms with Crippen LogP contribution in [0.25, 0.3) is 5.65 Å². The Morgan fingerprint density at radius 3 is 2.81 bits per heavy atom. The van der Waals surface area contributed by atoms with Gasteiger partial charge in [0, 0.05) is 36.6 Å². The highest BCUT2D eigenvalue weighted by Gasteiger charge is 2.31. The van der Waals surface area contributed by atoms with Crippen molar-refractivity contribution < 1.29 is 0 Å². The molecule has 0 aromatic carbocycles. The number of halogens is 1. The average Bonchev–Trinajstić information content (AvgIpc) is 3.14. The smallest absolute Gasteiger partial charge is 0.171 e. The lowest BCUT2D eigenvalue weighted by Gasteiger charge is -2.38. The lowest BCUT2D eigenvalue weighted by atomic mass is 9.67. The van der Waals surface area contributed by atoms with Crippen LogP contribution < -0.4 is 5.32 Å². The summed E-state index contributed by atoms with van der Waals surface area (Å²) in [5.41, 5.74) is 4.96. The first-order chi connectivity index (χ1) is 17.7. The van der Waals surface area contributed by atoms with Crippen molar-refractivity contribution in [3.63, 3.8) is 0 Å². The van der Waals surface area contributed by atoms with Gasteiger partial charge in [-0.05, 0) is 96.7 Å². The summed E-state index contributed by atoms with van der Waals surface area (Å²) in [6, 6.07) is 6.30. The quantitative estimate of drug-likeness (QED) is 0.259. The summed E-state index contributed by atoms with van der Waals surface area (Å²) in [6.45, 7) is 0.713. The van der Waals surface area contributed by atoms with Crippen LogP contribution in [0.1, 0.15) is 94.2 Å². The van der Waals surface area contributed by atoms with E-state index < -0.39 is 0 Å². The van der Waals surface area contributed by atoms with Crippen molar-refractivity contribution in [2.24, 2.45) is 17.8 Å². The Morgan fingerprint density at radius 2 is 1.92 bits per heavy atom. The molecule has 0 saturated heterocycles. The molecule has 6 rings (SSSR count). The third kappa shape index (κ3) is 5.39. The van der Waals surface area contributed by atoms with E-state index in [0.717, 1.165) is 39.3 Å². The second kappa shape index (κ2) is 11.0. The molecule has 6 heteroatoms. The first-order valence-electron chi connectivity index (χ1n) is 14.1. The summed E-state index contributed by atoms with van der Waals surface area (Å²) in [6.07, 6.45) is 24.7. The molecule has 0 spiro atoms. The Hall–Kier alpha value is -2.21. The average molecular weight is 549 g/mol. The van der Waals surface area contributed by atoms with Gasteiger partial charge in [0.2, 0.25) is 0 Å². The molecule has 0 amide bonds. The first-order valence-corrected chi connectivity index (χ1v) is 14.9. The van der Waals surface area contributed by atoms with E-state index >= 15 is 0 Å². The van der Waals surface area contributed by atoms with Crippen LogP contribution in [0.5, 0.6) is 0 Å². The van der Waals surface area contributed by atoms with Crippen molar-refractivity contribution in [2.45, 2.75) is 89.5 Å². The van der Waals surface area contributed by atoms with Gasteiger partial charge in [-0.2, -0.15) is 9.61 Å². The van der Waals surface area contributed by atoms with E-state index in [4.69, 9.17) is 4.98 Å².